The van der Waals surface area contributed by atoms with Crippen molar-refractivity contribution in [3.63, 3.8) is 0 Å². The number of rotatable bonds is 18. The molecule has 6 N–H and O–H groups in total. The van der Waals surface area contributed by atoms with E-state index in [0.29, 0.717) is 6.42 Å². The highest BCUT2D eigenvalue weighted by Gasteiger charge is 2.32. The average molecular weight is 429 g/mol. The quantitative estimate of drug-likeness (QED) is 0.0819. The lowest BCUT2D eigenvalue weighted by molar-refractivity contribution is -0.104. The van der Waals surface area contributed by atoms with E-state index in [9.17, 15) is 0 Å². The Bertz CT molecular complexity index is 523. The number of hydrogen-bond acceptors (Lipinski definition) is 9. The van der Waals surface area contributed by atoms with Crippen LogP contribution in [0.4, 0.5) is 0 Å². The summed E-state index contributed by atoms with van der Waals surface area (Å²) < 4.78 is 22.5. The third kappa shape index (κ3) is 17.6. The summed E-state index contributed by atoms with van der Waals surface area (Å²) >= 11 is 0. The molecular formula is C19H36N6O5. The zero-order valence-electron chi connectivity index (χ0n) is 18.1. The monoisotopic (exact) mass is 428 g/mol. The van der Waals surface area contributed by atoms with Gasteiger partial charge in [0.15, 0.2) is 0 Å². The first-order valence-electron chi connectivity index (χ1n) is 9.84. The highest BCUT2D eigenvalue weighted by molar-refractivity contribution is 5.79. The van der Waals surface area contributed by atoms with E-state index in [0.717, 1.165) is 0 Å². The van der Waals surface area contributed by atoms with Crippen LogP contribution in [0.15, 0.2) is 5.16 Å². The number of ether oxygens (including phenoxy) is 4. The first kappa shape index (κ1) is 29.8. The number of oxime groups is 1. The van der Waals surface area contributed by atoms with Crippen LogP contribution in [-0.2, 0) is 18.9 Å². The zero-order chi connectivity index (χ0) is 23.1. The minimum absolute atomic E-state index is 0.0242. The summed E-state index contributed by atoms with van der Waals surface area (Å²) in [5.74, 6) is 0.0787. The molecule has 0 radical (unpaired) electrons. The average Bonchev–Trinajstić information content (AvgIpc) is 2.75. The van der Waals surface area contributed by atoms with Crippen molar-refractivity contribution in [2.24, 2.45) is 22.0 Å². The van der Waals surface area contributed by atoms with E-state index in [2.05, 4.69) is 5.16 Å². The number of nitriles is 2. The highest BCUT2D eigenvalue weighted by Crippen LogP contribution is 2.21. The number of nitrogens with one attached hydrogen (secondary N) is 1. The minimum Gasteiger partial charge on any atom is -0.409 e. The van der Waals surface area contributed by atoms with Crippen molar-refractivity contribution in [3.8, 4) is 12.1 Å². The lowest BCUT2D eigenvalue weighted by atomic mass is 9.92. The van der Waals surface area contributed by atoms with Gasteiger partial charge in [-0.15, -0.1) is 0 Å². The summed E-state index contributed by atoms with van der Waals surface area (Å²) in [5.41, 5.74) is 10.1. The Labute approximate surface area is 179 Å². The normalized spacial score (nSPS) is 11.1. The van der Waals surface area contributed by atoms with Crippen LogP contribution in [0.5, 0.6) is 0 Å². The van der Waals surface area contributed by atoms with E-state index in [4.69, 9.17) is 51.6 Å². The fourth-order valence-corrected chi connectivity index (χ4v) is 2.05. The van der Waals surface area contributed by atoms with Gasteiger partial charge in [0, 0.05) is 12.8 Å². The molecule has 0 aliphatic rings. The van der Waals surface area contributed by atoms with Gasteiger partial charge >= 0.3 is 0 Å². The summed E-state index contributed by atoms with van der Waals surface area (Å²) in [6, 6.07) is 4.01. The van der Waals surface area contributed by atoms with E-state index < -0.39 is 5.41 Å². The molecule has 0 aliphatic carbocycles. The summed E-state index contributed by atoms with van der Waals surface area (Å²) in [5, 5.41) is 36.0. The molecule has 0 aromatic heterocycles. The second-order valence-electron chi connectivity index (χ2n) is 6.14. The first-order chi connectivity index (χ1) is 14.5. The lowest BCUT2D eigenvalue weighted by Gasteiger charge is -2.33. The fraction of sp³-hybridized carbons (Fsp3) is 0.789. The van der Waals surface area contributed by atoms with Crippen molar-refractivity contribution in [2.45, 2.75) is 39.5 Å². The molecule has 0 unspecified atom stereocenters. The molecule has 0 fully saturated rings. The van der Waals surface area contributed by atoms with Gasteiger partial charge in [0.2, 0.25) is 0 Å². The zero-order valence-corrected chi connectivity index (χ0v) is 18.1. The Morgan fingerprint density at radius 3 is 1.63 bits per heavy atom. The largest absolute Gasteiger partial charge is 0.409 e. The Balaban J connectivity index is 0. The molecule has 172 valence electrons. The molecule has 0 saturated heterocycles. The van der Waals surface area contributed by atoms with Crippen molar-refractivity contribution in [3.05, 3.63) is 0 Å². The lowest BCUT2D eigenvalue weighted by Crippen LogP contribution is -2.42. The van der Waals surface area contributed by atoms with Gasteiger partial charge in [0.25, 0.3) is 0 Å². The summed E-state index contributed by atoms with van der Waals surface area (Å²) in [6.45, 7) is 5.84. The molecule has 11 heteroatoms. The Morgan fingerprint density at radius 1 is 0.867 bits per heavy atom. The standard InChI is InChI=1S/C17H30N6O5.C2H6/c18-5-1-7-25-11-17(12-26-8-2-6-19,13-27-9-3-15(20)21)14-28-10-4-16(22)23-24;1-2/h24H,1-4,7-14H2,(H3,20,21)(H2,22,23);1-2H3. The third-order valence-electron chi connectivity index (χ3n) is 3.50. The first-order valence-corrected chi connectivity index (χ1v) is 9.84. The fourth-order valence-electron chi connectivity index (χ4n) is 2.05. The van der Waals surface area contributed by atoms with E-state index in [-0.39, 0.29) is 83.8 Å². The van der Waals surface area contributed by atoms with Gasteiger partial charge in [-0.2, -0.15) is 10.5 Å². The van der Waals surface area contributed by atoms with Crippen LogP contribution in [0.3, 0.4) is 0 Å². The highest BCUT2D eigenvalue weighted by atomic mass is 16.5. The SMILES string of the molecule is CC.N#CCCOCC(COCCC#N)(COCCC(=N)N)COCC/C(N)=N/O. The van der Waals surface area contributed by atoms with Crippen molar-refractivity contribution in [2.75, 3.05) is 52.9 Å². The summed E-state index contributed by atoms with van der Waals surface area (Å²) in [6.07, 6.45) is 1.05. The number of nitrogens with two attached hydrogens (primary N) is 2. The van der Waals surface area contributed by atoms with Gasteiger partial charge in [0.05, 0.1) is 89.1 Å². The third-order valence-corrected chi connectivity index (χ3v) is 3.50. The number of nitrogens with zero attached hydrogens (tertiary/aromatic N) is 3. The van der Waals surface area contributed by atoms with Crippen LogP contribution in [0.1, 0.15) is 39.5 Å². The molecule has 0 heterocycles. The molecule has 11 nitrogen and oxygen atoms in total. The maximum atomic E-state index is 8.66. The second kappa shape index (κ2) is 21.3. The molecule has 0 rings (SSSR count). The van der Waals surface area contributed by atoms with Crippen molar-refractivity contribution in [1.29, 1.82) is 15.9 Å². The molecule has 0 spiro atoms. The van der Waals surface area contributed by atoms with E-state index in [1.807, 2.05) is 26.0 Å². The van der Waals surface area contributed by atoms with Gasteiger partial charge in [0.1, 0.15) is 5.84 Å². The topological polar surface area (TPSA) is 193 Å². The van der Waals surface area contributed by atoms with E-state index in [1.54, 1.807) is 0 Å². The Morgan fingerprint density at radius 2 is 1.27 bits per heavy atom. The maximum absolute atomic E-state index is 8.66. The van der Waals surface area contributed by atoms with Crippen LogP contribution < -0.4 is 11.5 Å². The van der Waals surface area contributed by atoms with Gasteiger partial charge < -0.3 is 35.6 Å². The van der Waals surface area contributed by atoms with Crippen LogP contribution in [0.25, 0.3) is 0 Å². The molecule has 0 atom stereocenters. The predicted molar refractivity (Wildman–Crippen MR) is 112 cm³/mol. The maximum Gasteiger partial charge on any atom is 0.141 e. The molecule has 0 saturated carbocycles. The van der Waals surface area contributed by atoms with Crippen molar-refractivity contribution >= 4 is 11.7 Å². The summed E-state index contributed by atoms with van der Waals surface area (Å²) in [7, 11) is 0. The van der Waals surface area contributed by atoms with Crippen LogP contribution in [0, 0.1) is 33.5 Å². The van der Waals surface area contributed by atoms with Crippen LogP contribution >= 0.6 is 0 Å². The minimum atomic E-state index is -0.688. The Hall–Kier alpha value is -2.44. The number of hydrogen-bond donors (Lipinski definition) is 4. The molecule has 0 aromatic rings. The molecule has 0 aliphatic heterocycles. The molecule has 30 heavy (non-hydrogen) atoms. The Kier molecular flexibility index (Phi) is 21.1. The van der Waals surface area contributed by atoms with Crippen LogP contribution in [-0.4, -0.2) is 69.7 Å². The van der Waals surface area contributed by atoms with Crippen LogP contribution in [0.2, 0.25) is 0 Å². The molecule has 0 amide bonds. The van der Waals surface area contributed by atoms with Gasteiger partial charge in [-0.3, -0.25) is 5.41 Å². The molecule has 0 aromatic carbocycles. The smallest absolute Gasteiger partial charge is 0.141 e. The summed E-state index contributed by atoms with van der Waals surface area (Å²) in [4.78, 5) is 0. The molecular weight excluding hydrogens is 392 g/mol. The molecule has 0 bridgehead atoms. The number of amidine groups is 2. The van der Waals surface area contributed by atoms with Gasteiger partial charge in [-0.1, -0.05) is 19.0 Å². The predicted octanol–water partition coefficient (Wildman–Crippen LogP) is 1.36. The second-order valence-corrected chi connectivity index (χ2v) is 6.14. The van der Waals surface area contributed by atoms with Crippen molar-refractivity contribution in [1.82, 2.24) is 0 Å². The van der Waals surface area contributed by atoms with Gasteiger partial charge in [-0.05, 0) is 0 Å². The van der Waals surface area contributed by atoms with E-state index >= 15 is 0 Å². The van der Waals surface area contributed by atoms with Gasteiger partial charge in [-0.25, -0.2) is 0 Å². The van der Waals surface area contributed by atoms with E-state index in [1.165, 1.54) is 0 Å². The van der Waals surface area contributed by atoms with Crippen molar-refractivity contribution < 1.29 is 24.2 Å².